The van der Waals surface area contributed by atoms with Gasteiger partial charge in [0.25, 0.3) is 5.91 Å². The number of hydrogen-bond acceptors (Lipinski definition) is 3. The first-order valence-corrected chi connectivity index (χ1v) is 11.1. The van der Waals surface area contributed by atoms with Gasteiger partial charge in [-0.15, -0.1) is 0 Å². The van der Waals surface area contributed by atoms with Gasteiger partial charge in [-0.2, -0.15) is 13.9 Å². The van der Waals surface area contributed by atoms with Crippen molar-refractivity contribution in [2.45, 2.75) is 89.6 Å². The molecule has 1 fully saturated rings. The Hall–Kier alpha value is -1.96. The third kappa shape index (κ3) is 9.80. The number of carbonyl (C=O) groups excluding carboxylic acids is 1. The van der Waals surface area contributed by atoms with E-state index >= 15 is 0 Å². The molecule has 1 aromatic rings. The number of hydrazone groups is 1. The normalized spacial score (nSPS) is 17.0. The lowest BCUT2D eigenvalue weighted by Gasteiger charge is -2.15. The Balaban J connectivity index is 1.89. The summed E-state index contributed by atoms with van der Waals surface area (Å²) < 4.78 is 54.9. The van der Waals surface area contributed by atoms with Crippen molar-refractivity contribution < 1.29 is 27.1 Å². The van der Waals surface area contributed by atoms with E-state index in [2.05, 4.69) is 10.5 Å². The molecule has 2 rings (SSSR count). The minimum Gasteiger partial charge on any atom is -0.370 e. The van der Waals surface area contributed by atoms with E-state index < -0.39 is 24.9 Å². The second-order valence-electron chi connectivity index (χ2n) is 8.06. The highest BCUT2D eigenvalue weighted by molar-refractivity contribution is 5.95. The van der Waals surface area contributed by atoms with Gasteiger partial charge in [0.1, 0.15) is 6.61 Å². The summed E-state index contributed by atoms with van der Waals surface area (Å²) in [4.78, 5) is 12.5. The monoisotopic (exact) mass is 444 g/mol. The van der Waals surface area contributed by atoms with Crippen molar-refractivity contribution in [2.75, 3.05) is 6.61 Å². The van der Waals surface area contributed by atoms with Crippen molar-refractivity contribution >= 4 is 11.6 Å². The van der Waals surface area contributed by atoms with Crippen LogP contribution in [0.2, 0.25) is 0 Å². The Labute approximate surface area is 181 Å². The Morgan fingerprint density at radius 1 is 1.00 bits per heavy atom. The highest BCUT2D eigenvalue weighted by Crippen LogP contribution is 2.23. The summed E-state index contributed by atoms with van der Waals surface area (Å²) in [6.07, 6.45) is 8.75. The van der Waals surface area contributed by atoms with Gasteiger partial charge in [-0.05, 0) is 43.4 Å². The molecular weight excluding hydrogens is 412 g/mol. The van der Waals surface area contributed by atoms with Crippen LogP contribution in [-0.4, -0.2) is 30.6 Å². The Morgan fingerprint density at radius 3 is 2.16 bits per heavy atom. The molecule has 0 radical (unpaired) electrons. The predicted molar refractivity (Wildman–Crippen MR) is 113 cm³/mol. The highest BCUT2D eigenvalue weighted by Gasteiger charge is 2.40. The first-order valence-electron chi connectivity index (χ1n) is 11.1. The lowest BCUT2D eigenvalue weighted by Crippen LogP contribution is -2.32. The molecule has 0 aromatic heterocycles. The molecule has 174 valence electrons. The van der Waals surface area contributed by atoms with Crippen LogP contribution in [0.15, 0.2) is 29.4 Å². The number of amides is 1. The van der Waals surface area contributed by atoms with Crippen molar-refractivity contribution in [2.24, 2.45) is 5.10 Å². The summed E-state index contributed by atoms with van der Waals surface area (Å²) in [5.41, 5.74) is 4.33. The van der Waals surface area contributed by atoms with Gasteiger partial charge in [-0.25, -0.2) is 14.2 Å². The number of nitrogens with zero attached hydrogens (tertiary/aromatic N) is 1. The quantitative estimate of drug-likeness (QED) is 0.386. The van der Waals surface area contributed by atoms with Gasteiger partial charge >= 0.3 is 12.3 Å². The molecule has 0 unspecified atom stereocenters. The van der Waals surface area contributed by atoms with Gasteiger partial charge in [0.15, 0.2) is 0 Å². The second kappa shape index (κ2) is 13.5. The van der Waals surface area contributed by atoms with E-state index in [9.17, 15) is 22.4 Å². The van der Waals surface area contributed by atoms with E-state index in [-0.39, 0.29) is 6.61 Å². The first-order chi connectivity index (χ1) is 14.9. The number of ether oxygens (including phenoxy) is 1. The molecule has 1 amide bonds. The standard InChI is InChI=1S/C23H32F4N2O2/c24-22(25)23(26,27)17-31-16-18-11-10-12-19(15-18)21(30)29-28-20-13-8-6-4-2-1-3-5-7-9-14-20/h10-12,15,22H,1-9,13-14,16-17H2,(H,29,30). The van der Waals surface area contributed by atoms with Gasteiger partial charge in [-0.3, -0.25) is 4.79 Å². The van der Waals surface area contributed by atoms with Crippen molar-refractivity contribution in [3.63, 3.8) is 0 Å². The molecule has 0 heterocycles. The minimum absolute atomic E-state index is 0.294. The van der Waals surface area contributed by atoms with E-state index in [0.29, 0.717) is 11.1 Å². The maximum Gasteiger partial charge on any atom is 0.330 e. The van der Waals surface area contributed by atoms with Crippen LogP contribution >= 0.6 is 0 Å². The third-order valence-corrected chi connectivity index (χ3v) is 5.32. The van der Waals surface area contributed by atoms with Crippen LogP contribution in [0.25, 0.3) is 0 Å². The highest BCUT2D eigenvalue weighted by atomic mass is 19.3. The van der Waals surface area contributed by atoms with Crippen molar-refractivity contribution in [1.82, 2.24) is 5.43 Å². The Bertz CT molecular complexity index is 697. The van der Waals surface area contributed by atoms with E-state index in [1.54, 1.807) is 18.2 Å². The fraction of sp³-hybridized carbons (Fsp3) is 0.652. The van der Waals surface area contributed by atoms with E-state index in [1.165, 1.54) is 51.0 Å². The van der Waals surface area contributed by atoms with Crippen LogP contribution in [0, 0.1) is 0 Å². The summed E-state index contributed by atoms with van der Waals surface area (Å²) in [5.74, 6) is -4.60. The molecule has 0 aliphatic heterocycles. The number of rotatable bonds is 7. The van der Waals surface area contributed by atoms with Gasteiger partial charge in [0.05, 0.1) is 6.61 Å². The molecule has 0 saturated heterocycles. The van der Waals surface area contributed by atoms with Crippen LogP contribution in [0.1, 0.15) is 86.6 Å². The van der Waals surface area contributed by atoms with Gasteiger partial charge < -0.3 is 4.74 Å². The molecule has 8 heteroatoms. The molecule has 1 N–H and O–H groups in total. The smallest absolute Gasteiger partial charge is 0.330 e. The summed E-state index contributed by atoms with van der Waals surface area (Å²) in [6.45, 7) is -1.67. The molecule has 0 spiro atoms. The average Bonchev–Trinajstić information content (AvgIpc) is 2.73. The summed E-state index contributed by atoms with van der Waals surface area (Å²) in [6, 6.07) is 6.23. The van der Waals surface area contributed by atoms with Crippen LogP contribution in [-0.2, 0) is 11.3 Å². The average molecular weight is 445 g/mol. The molecule has 0 bridgehead atoms. The number of benzene rings is 1. The summed E-state index contributed by atoms with van der Waals surface area (Å²) in [7, 11) is 0. The van der Waals surface area contributed by atoms with Crippen molar-refractivity contribution in [1.29, 1.82) is 0 Å². The number of carbonyl (C=O) groups is 1. The van der Waals surface area contributed by atoms with E-state index in [0.717, 1.165) is 31.4 Å². The molecule has 31 heavy (non-hydrogen) atoms. The molecule has 1 aliphatic rings. The largest absolute Gasteiger partial charge is 0.370 e. The number of alkyl halides is 4. The fourth-order valence-corrected chi connectivity index (χ4v) is 3.50. The summed E-state index contributed by atoms with van der Waals surface area (Å²) >= 11 is 0. The predicted octanol–water partition coefficient (Wildman–Crippen LogP) is 6.49. The minimum atomic E-state index is -4.20. The van der Waals surface area contributed by atoms with Gasteiger partial charge in [0.2, 0.25) is 0 Å². The van der Waals surface area contributed by atoms with Crippen LogP contribution in [0.5, 0.6) is 0 Å². The zero-order valence-corrected chi connectivity index (χ0v) is 17.9. The van der Waals surface area contributed by atoms with E-state index in [4.69, 9.17) is 4.74 Å². The fourth-order valence-electron chi connectivity index (χ4n) is 3.50. The molecule has 1 aromatic carbocycles. The number of halogens is 4. The third-order valence-electron chi connectivity index (χ3n) is 5.32. The molecule has 4 nitrogen and oxygen atoms in total. The Morgan fingerprint density at radius 2 is 1.58 bits per heavy atom. The number of nitrogens with one attached hydrogen (secondary N) is 1. The molecular formula is C23H32F4N2O2. The topological polar surface area (TPSA) is 50.7 Å². The zero-order chi connectivity index (χ0) is 22.5. The second-order valence-corrected chi connectivity index (χ2v) is 8.06. The van der Waals surface area contributed by atoms with E-state index in [1.807, 2.05) is 0 Å². The molecule has 0 atom stereocenters. The van der Waals surface area contributed by atoms with Crippen molar-refractivity contribution in [3.05, 3.63) is 35.4 Å². The first kappa shape index (κ1) is 25.3. The maximum atomic E-state index is 12.9. The maximum absolute atomic E-state index is 12.9. The van der Waals surface area contributed by atoms with Gasteiger partial charge in [0, 0.05) is 11.3 Å². The van der Waals surface area contributed by atoms with Crippen LogP contribution in [0.4, 0.5) is 17.6 Å². The lowest BCUT2D eigenvalue weighted by atomic mass is 10.00. The Kier molecular flexibility index (Phi) is 11.0. The van der Waals surface area contributed by atoms with Crippen LogP contribution < -0.4 is 5.43 Å². The van der Waals surface area contributed by atoms with Gasteiger partial charge in [-0.1, -0.05) is 57.1 Å². The summed E-state index contributed by atoms with van der Waals surface area (Å²) in [5, 5.41) is 4.33. The molecule has 1 aliphatic carbocycles. The zero-order valence-electron chi connectivity index (χ0n) is 17.9. The van der Waals surface area contributed by atoms with Crippen LogP contribution in [0.3, 0.4) is 0 Å². The SMILES string of the molecule is O=C(NN=C1CCCCCCCCCCC1)c1cccc(COCC(F)(F)C(F)F)c1. The van der Waals surface area contributed by atoms with Crippen molar-refractivity contribution in [3.8, 4) is 0 Å². The molecule has 1 saturated carbocycles. The lowest BCUT2D eigenvalue weighted by molar-refractivity contribution is -0.168. The number of hydrogen-bond donors (Lipinski definition) is 1.